The summed E-state index contributed by atoms with van der Waals surface area (Å²) < 4.78 is 27.5. The van der Waals surface area contributed by atoms with E-state index in [0.717, 1.165) is 16.0 Å². The molecule has 0 unspecified atom stereocenters. The van der Waals surface area contributed by atoms with Crippen LogP contribution >= 0.6 is 0 Å². The molecule has 1 aromatic rings. The van der Waals surface area contributed by atoms with Crippen LogP contribution in [-0.2, 0) is 14.8 Å². The molecular formula is C20H34N3O3S+. The van der Waals surface area contributed by atoms with Gasteiger partial charge < -0.3 is 9.80 Å². The zero-order chi connectivity index (χ0) is 20.4. The van der Waals surface area contributed by atoms with Crippen molar-refractivity contribution in [1.29, 1.82) is 0 Å². The van der Waals surface area contributed by atoms with E-state index in [9.17, 15) is 13.2 Å². The first-order valence-electron chi connectivity index (χ1n) is 9.76. The largest absolute Gasteiger partial charge is 0.333 e. The molecule has 0 aromatic heterocycles. The summed E-state index contributed by atoms with van der Waals surface area (Å²) in [5.41, 5.74) is 1.84. The number of rotatable bonds is 6. The molecule has 1 aliphatic heterocycles. The van der Waals surface area contributed by atoms with Crippen molar-refractivity contribution in [3.8, 4) is 0 Å². The van der Waals surface area contributed by atoms with Crippen LogP contribution in [0.15, 0.2) is 23.1 Å². The van der Waals surface area contributed by atoms with Gasteiger partial charge in [0, 0.05) is 12.1 Å². The summed E-state index contributed by atoms with van der Waals surface area (Å²) >= 11 is 0. The smallest absolute Gasteiger partial charge is 0.278 e. The lowest BCUT2D eigenvalue weighted by Crippen LogP contribution is -3.15. The predicted octanol–water partition coefficient (Wildman–Crippen LogP) is 0.838. The molecule has 0 radical (unpaired) electrons. The first-order chi connectivity index (χ1) is 12.5. The summed E-state index contributed by atoms with van der Waals surface area (Å²) in [5.74, 6) is 0.140. The van der Waals surface area contributed by atoms with Gasteiger partial charge in [0.05, 0.1) is 31.1 Å². The third kappa shape index (κ3) is 5.09. The second kappa shape index (κ2) is 8.71. The molecule has 0 bridgehead atoms. The van der Waals surface area contributed by atoms with Crippen LogP contribution in [0.2, 0.25) is 0 Å². The zero-order valence-corrected chi connectivity index (χ0v) is 18.3. The van der Waals surface area contributed by atoms with Crippen molar-refractivity contribution in [3.05, 3.63) is 29.3 Å². The summed E-state index contributed by atoms with van der Waals surface area (Å²) in [6.07, 6.45) is 0. The van der Waals surface area contributed by atoms with Crippen LogP contribution in [0.3, 0.4) is 0 Å². The van der Waals surface area contributed by atoms with Gasteiger partial charge in [-0.3, -0.25) is 4.79 Å². The minimum absolute atomic E-state index is 0.140. The quantitative estimate of drug-likeness (QED) is 0.775. The van der Waals surface area contributed by atoms with Gasteiger partial charge in [-0.05, 0) is 53.2 Å². The Kier molecular flexibility index (Phi) is 7.05. The van der Waals surface area contributed by atoms with Crippen LogP contribution in [-0.4, -0.2) is 68.3 Å². The molecule has 1 aliphatic rings. The maximum absolute atomic E-state index is 13.0. The van der Waals surface area contributed by atoms with E-state index in [0.29, 0.717) is 37.6 Å². The highest BCUT2D eigenvalue weighted by Gasteiger charge is 2.33. The average molecular weight is 397 g/mol. The van der Waals surface area contributed by atoms with Gasteiger partial charge in [0.2, 0.25) is 10.0 Å². The first-order valence-corrected chi connectivity index (χ1v) is 11.2. The Hall–Kier alpha value is -1.44. The van der Waals surface area contributed by atoms with Gasteiger partial charge in [-0.25, -0.2) is 8.42 Å². The number of hydrogen-bond donors (Lipinski definition) is 1. The van der Waals surface area contributed by atoms with Gasteiger partial charge in [-0.1, -0.05) is 17.7 Å². The average Bonchev–Trinajstić information content (AvgIpc) is 2.54. The number of carbonyl (C=O) groups excluding carboxylic acids is 1. The van der Waals surface area contributed by atoms with Crippen molar-refractivity contribution in [3.63, 3.8) is 0 Å². The van der Waals surface area contributed by atoms with E-state index < -0.39 is 10.0 Å². The highest BCUT2D eigenvalue weighted by Crippen LogP contribution is 2.20. The molecular weight excluding hydrogens is 362 g/mol. The number of carbonyl (C=O) groups is 1. The molecule has 0 aliphatic carbocycles. The zero-order valence-electron chi connectivity index (χ0n) is 17.4. The summed E-state index contributed by atoms with van der Waals surface area (Å²) in [6, 6.07) is 5.78. The van der Waals surface area contributed by atoms with Gasteiger partial charge in [-0.15, -0.1) is 0 Å². The van der Waals surface area contributed by atoms with E-state index in [4.69, 9.17) is 0 Å². The van der Waals surface area contributed by atoms with Crippen molar-refractivity contribution >= 4 is 15.9 Å². The summed E-state index contributed by atoms with van der Waals surface area (Å²) in [4.78, 5) is 16.1. The Bertz CT molecular complexity index is 759. The molecule has 0 spiro atoms. The number of piperazine rings is 1. The van der Waals surface area contributed by atoms with E-state index >= 15 is 0 Å². The van der Waals surface area contributed by atoms with Crippen molar-refractivity contribution in [1.82, 2.24) is 9.21 Å². The molecule has 0 saturated carbocycles. The highest BCUT2D eigenvalue weighted by molar-refractivity contribution is 7.89. The Morgan fingerprint density at radius 2 is 1.67 bits per heavy atom. The van der Waals surface area contributed by atoms with Gasteiger partial charge >= 0.3 is 0 Å². The normalized spacial score (nSPS) is 16.9. The number of amides is 1. The minimum atomic E-state index is -3.48. The van der Waals surface area contributed by atoms with Gasteiger partial charge in [0.1, 0.15) is 0 Å². The van der Waals surface area contributed by atoms with E-state index in [1.807, 2.05) is 58.6 Å². The predicted molar refractivity (Wildman–Crippen MR) is 107 cm³/mol. The molecule has 1 saturated heterocycles. The first kappa shape index (κ1) is 21.9. The summed E-state index contributed by atoms with van der Waals surface area (Å²) in [7, 11) is -3.48. The number of benzene rings is 1. The Labute approximate surface area is 164 Å². The number of aryl methyl sites for hydroxylation is 2. The summed E-state index contributed by atoms with van der Waals surface area (Å²) in [5, 5.41) is 0. The lowest BCUT2D eigenvalue weighted by Gasteiger charge is -2.35. The van der Waals surface area contributed by atoms with Crippen molar-refractivity contribution in [2.75, 3.05) is 32.7 Å². The molecule has 27 heavy (non-hydrogen) atoms. The van der Waals surface area contributed by atoms with Crippen LogP contribution in [0.25, 0.3) is 0 Å². The fourth-order valence-corrected chi connectivity index (χ4v) is 5.57. The lowest BCUT2D eigenvalue weighted by atomic mass is 10.2. The van der Waals surface area contributed by atoms with E-state index in [-0.39, 0.29) is 18.0 Å². The second-order valence-electron chi connectivity index (χ2n) is 8.09. The molecule has 1 fully saturated rings. The van der Waals surface area contributed by atoms with Gasteiger partial charge in [0.15, 0.2) is 6.54 Å². The third-order valence-corrected chi connectivity index (χ3v) is 7.24. The minimum Gasteiger partial charge on any atom is -0.333 e. The number of nitrogens with zero attached hydrogens (tertiary/aromatic N) is 2. The molecule has 1 N–H and O–H groups in total. The van der Waals surface area contributed by atoms with E-state index in [2.05, 4.69) is 0 Å². The van der Waals surface area contributed by atoms with Crippen molar-refractivity contribution in [2.45, 2.75) is 58.5 Å². The van der Waals surface area contributed by atoms with E-state index in [1.54, 1.807) is 10.4 Å². The molecule has 1 aromatic carbocycles. The maximum Gasteiger partial charge on any atom is 0.278 e. The van der Waals surface area contributed by atoms with Crippen molar-refractivity contribution in [2.24, 2.45) is 0 Å². The SMILES string of the molecule is Cc1ccc(S(=O)(=O)N2CC[NH+](CC(=O)N(C(C)C)C(C)C)CC2)c(C)c1. The van der Waals surface area contributed by atoms with Gasteiger partial charge in [0.25, 0.3) is 5.91 Å². The van der Waals surface area contributed by atoms with Crippen LogP contribution in [0, 0.1) is 13.8 Å². The van der Waals surface area contributed by atoms with E-state index in [1.165, 1.54) is 0 Å². The Morgan fingerprint density at radius 1 is 1.11 bits per heavy atom. The number of quaternary nitrogens is 1. The lowest BCUT2D eigenvalue weighted by molar-refractivity contribution is -0.896. The maximum atomic E-state index is 13.0. The molecule has 6 nitrogen and oxygen atoms in total. The molecule has 7 heteroatoms. The molecule has 0 atom stereocenters. The Balaban J connectivity index is 2.01. The van der Waals surface area contributed by atoms with Crippen LogP contribution in [0.5, 0.6) is 0 Å². The fraction of sp³-hybridized carbons (Fsp3) is 0.650. The number of hydrogen-bond acceptors (Lipinski definition) is 3. The summed E-state index contributed by atoms with van der Waals surface area (Å²) in [6.45, 7) is 14.5. The standard InChI is InChI=1S/C20H33N3O3S/c1-15(2)23(16(3)4)20(24)14-21-9-11-22(12-10-21)27(25,26)19-8-7-17(5)13-18(19)6/h7-8,13,15-16H,9-12,14H2,1-6H3/p+1. The van der Waals surface area contributed by atoms with Gasteiger partial charge in [-0.2, -0.15) is 4.31 Å². The van der Waals surface area contributed by atoms with Crippen LogP contribution in [0.4, 0.5) is 0 Å². The highest BCUT2D eigenvalue weighted by atomic mass is 32.2. The molecule has 2 rings (SSSR count). The topological polar surface area (TPSA) is 62.1 Å². The second-order valence-corrected chi connectivity index (χ2v) is 9.99. The van der Waals surface area contributed by atoms with Crippen LogP contribution in [0.1, 0.15) is 38.8 Å². The molecule has 152 valence electrons. The fourth-order valence-electron chi connectivity index (χ4n) is 3.92. The molecule has 1 amide bonds. The monoisotopic (exact) mass is 396 g/mol. The third-order valence-electron chi connectivity index (χ3n) is 5.18. The number of sulfonamides is 1. The van der Waals surface area contributed by atoms with Crippen molar-refractivity contribution < 1.29 is 18.1 Å². The van der Waals surface area contributed by atoms with Crippen LogP contribution < -0.4 is 4.90 Å². The molecule has 1 heterocycles. The Morgan fingerprint density at radius 3 is 2.15 bits per heavy atom. The number of nitrogens with one attached hydrogen (secondary N) is 1.